The molecule has 246 valence electrons. The van der Waals surface area contributed by atoms with Gasteiger partial charge in [0.25, 0.3) is 11.8 Å². The SMILES string of the molecule is CC(C)(C)OC(=O)N1C(=O)[C@]23CCCN2C(=O)[C@]12Cc1c(n(C(=O)OC(C)(C)C)c4c5c(ccc14)OC(C)(C)C=C5)C(C)(C)[C@H]2C3. The smallest absolute Gasteiger partial charge is 0.419 e. The van der Waals surface area contributed by atoms with E-state index in [0.717, 1.165) is 22.2 Å². The molecule has 6 aliphatic rings. The molecular weight excluding hydrogens is 586 g/mol. The van der Waals surface area contributed by atoms with E-state index in [1.54, 1.807) is 30.2 Å². The molecule has 0 radical (unpaired) electrons. The van der Waals surface area contributed by atoms with Gasteiger partial charge in [0.15, 0.2) is 0 Å². The molecule has 1 aliphatic carbocycles. The highest BCUT2D eigenvalue weighted by atomic mass is 16.6. The van der Waals surface area contributed by atoms with Gasteiger partial charge in [0.2, 0.25) is 0 Å². The quantitative estimate of drug-likeness (QED) is 0.334. The van der Waals surface area contributed by atoms with Crippen LogP contribution < -0.4 is 4.74 Å². The maximum absolute atomic E-state index is 14.9. The average molecular weight is 632 g/mol. The molecule has 8 rings (SSSR count). The molecule has 4 saturated heterocycles. The lowest BCUT2D eigenvalue weighted by Gasteiger charge is -2.66. The number of piperidine rings is 2. The van der Waals surface area contributed by atoms with E-state index in [2.05, 4.69) is 0 Å². The van der Waals surface area contributed by atoms with E-state index < -0.39 is 51.4 Å². The summed E-state index contributed by atoms with van der Waals surface area (Å²) >= 11 is 0. The van der Waals surface area contributed by atoms with Crippen molar-refractivity contribution in [2.75, 3.05) is 6.54 Å². The van der Waals surface area contributed by atoms with Crippen LogP contribution in [0.4, 0.5) is 9.59 Å². The van der Waals surface area contributed by atoms with E-state index in [0.29, 0.717) is 37.1 Å². The lowest BCUT2D eigenvalue weighted by Crippen LogP contribution is -2.86. The Labute approximate surface area is 270 Å². The summed E-state index contributed by atoms with van der Waals surface area (Å²) in [6.45, 7) is 19.2. The van der Waals surface area contributed by atoms with Crippen LogP contribution in [0.5, 0.6) is 5.75 Å². The molecule has 0 N–H and O–H groups in total. The lowest BCUT2D eigenvalue weighted by molar-refractivity contribution is -0.200. The summed E-state index contributed by atoms with van der Waals surface area (Å²) in [5, 5.41) is 0.752. The Morgan fingerprint density at radius 1 is 0.935 bits per heavy atom. The number of rotatable bonds is 0. The molecule has 6 heterocycles. The van der Waals surface area contributed by atoms with Crippen LogP contribution in [-0.4, -0.2) is 72.8 Å². The third kappa shape index (κ3) is 3.94. The highest BCUT2D eigenvalue weighted by molar-refractivity contribution is 6.12. The van der Waals surface area contributed by atoms with Crippen LogP contribution >= 0.6 is 0 Å². The van der Waals surface area contributed by atoms with E-state index in [9.17, 15) is 19.2 Å². The number of hydrogen-bond donors (Lipinski definition) is 0. The van der Waals surface area contributed by atoms with E-state index in [-0.39, 0.29) is 18.2 Å². The van der Waals surface area contributed by atoms with Crippen LogP contribution in [0.15, 0.2) is 18.2 Å². The fourth-order valence-electron chi connectivity index (χ4n) is 8.99. The van der Waals surface area contributed by atoms with Crippen LogP contribution in [0.3, 0.4) is 0 Å². The van der Waals surface area contributed by atoms with Crippen molar-refractivity contribution in [1.82, 2.24) is 14.4 Å². The predicted molar refractivity (Wildman–Crippen MR) is 172 cm³/mol. The summed E-state index contributed by atoms with van der Waals surface area (Å²) < 4.78 is 19.9. The van der Waals surface area contributed by atoms with Crippen molar-refractivity contribution in [1.29, 1.82) is 0 Å². The average Bonchev–Trinajstić information content (AvgIpc) is 3.48. The zero-order valence-corrected chi connectivity index (χ0v) is 28.6. The predicted octanol–water partition coefficient (Wildman–Crippen LogP) is 6.34. The topological polar surface area (TPSA) is 107 Å². The number of imide groups is 1. The first-order chi connectivity index (χ1) is 21.1. The number of benzene rings is 1. The fraction of sp³-hybridized carbons (Fsp3) is 0.611. The number of amides is 3. The molecule has 2 spiro atoms. The second-order valence-corrected chi connectivity index (χ2v) is 16.8. The molecule has 0 saturated carbocycles. The Morgan fingerprint density at radius 2 is 1.59 bits per heavy atom. The molecule has 0 unspecified atom stereocenters. The molecule has 10 heteroatoms. The van der Waals surface area contributed by atoms with E-state index in [4.69, 9.17) is 14.2 Å². The fourth-order valence-corrected chi connectivity index (χ4v) is 8.99. The summed E-state index contributed by atoms with van der Waals surface area (Å²) in [5.74, 6) is -0.422. The van der Waals surface area contributed by atoms with Crippen molar-refractivity contribution in [3.8, 4) is 5.75 Å². The minimum Gasteiger partial charge on any atom is -0.483 e. The van der Waals surface area contributed by atoms with Crippen LogP contribution in [0.25, 0.3) is 17.0 Å². The number of fused-ring (bicyclic) bond motifs is 6. The number of carbonyl (C=O) groups is 4. The minimum absolute atomic E-state index is 0.0635. The Kier molecular flexibility index (Phi) is 6.00. The molecule has 3 amide bonds. The van der Waals surface area contributed by atoms with Crippen molar-refractivity contribution in [3.05, 3.63) is 35.0 Å². The molecule has 2 bridgehead atoms. The van der Waals surface area contributed by atoms with E-state index >= 15 is 0 Å². The first kappa shape index (κ1) is 30.8. The monoisotopic (exact) mass is 631 g/mol. The Morgan fingerprint density at radius 3 is 2.24 bits per heavy atom. The summed E-state index contributed by atoms with van der Waals surface area (Å²) in [4.78, 5) is 60.8. The molecule has 2 aromatic rings. The number of ether oxygens (including phenoxy) is 3. The summed E-state index contributed by atoms with van der Waals surface area (Å²) in [5.41, 5.74) is -2.84. The normalized spacial score (nSPS) is 28.8. The van der Waals surface area contributed by atoms with Crippen molar-refractivity contribution < 1.29 is 33.4 Å². The van der Waals surface area contributed by atoms with Gasteiger partial charge in [-0.3, -0.25) is 9.59 Å². The Bertz CT molecular complexity index is 1780. The van der Waals surface area contributed by atoms with Crippen molar-refractivity contribution in [2.45, 2.75) is 128 Å². The number of aromatic nitrogens is 1. The maximum Gasteiger partial charge on any atom is 0.419 e. The molecule has 1 aromatic carbocycles. The highest BCUT2D eigenvalue weighted by Gasteiger charge is 2.77. The van der Waals surface area contributed by atoms with Gasteiger partial charge in [-0.1, -0.05) is 13.8 Å². The molecule has 4 fully saturated rings. The second kappa shape index (κ2) is 8.95. The van der Waals surface area contributed by atoms with Crippen molar-refractivity contribution in [2.24, 2.45) is 5.92 Å². The number of nitrogens with zero attached hydrogens (tertiary/aromatic N) is 3. The number of carbonyl (C=O) groups excluding carboxylic acids is 4. The first-order valence-corrected chi connectivity index (χ1v) is 16.4. The molecule has 5 aliphatic heterocycles. The zero-order chi connectivity index (χ0) is 33.6. The van der Waals surface area contributed by atoms with Gasteiger partial charge in [-0.15, -0.1) is 0 Å². The van der Waals surface area contributed by atoms with Crippen LogP contribution in [0.2, 0.25) is 0 Å². The van der Waals surface area contributed by atoms with Gasteiger partial charge in [0, 0.05) is 40.9 Å². The van der Waals surface area contributed by atoms with Gasteiger partial charge in [-0.2, -0.15) is 0 Å². The largest absolute Gasteiger partial charge is 0.483 e. The number of piperazine rings is 1. The Hall–Kier alpha value is -3.82. The van der Waals surface area contributed by atoms with Crippen LogP contribution in [0, 0.1) is 5.92 Å². The van der Waals surface area contributed by atoms with E-state index in [1.807, 2.05) is 72.8 Å². The highest BCUT2D eigenvalue weighted by Crippen LogP contribution is 2.63. The van der Waals surface area contributed by atoms with Crippen molar-refractivity contribution in [3.63, 3.8) is 0 Å². The third-order valence-electron chi connectivity index (χ3n) is 10.6. The summed E-state index contributed by atoms with van der Waals surface area (Å²) in [6.07, 6.45) is 4.24. The van der Waals surface area contributed by atoms with Gasteiger partial charge < -0.3 is 19.1 Å². The maximum atomic E-state index is 14.9. The molecule has 1 aromatic heterocycles. The van der Waals surface area contributed by atoms with Gasteiger partial charge in [0.1, 0.15) is 33.6 Å². The number of hydrogen-bond acceptors (Lipinski definition) is 7. The third-order valence-corrected chi connectivity index (χ3v) is 10.6. The molecule has 46 heavy (non-hydrogen) atoms. The van der Waals surface area contributed by atoms with Crippen molar-refractivity contribution >= 4 is 41.0 Å². The standard InChI is InChI=1S/C36H45N3O7/c1-31(2,3)45-29(42)38-25-20(12-13-23-21(25)14-16-33(7,8)44-23)22-18-36-24(34(9,10)26(22)38)19-35(15-11-17-37(35)28(36)41)27(40)39(36)30(43)46-32(4,5)6/h12-14,16,24H,11,15,17-19H2,1-10H3/t24-,35-,36-/m1/s1. The second-order valence-electron chi connectivity index (χ2n) is 16.8. The minimum atomic E-state index is -1.51. The van der Waals surface area contributed by atoms with Gasteiger partial charge in [0.05, 0.1) is 5.52 Å². The van der Waals surface area contributed by atoms with Gasteiger partial charge >= 0.3 is 12.2 Å². The van der Waals surface area contributed by atoms with Crippen LogP contribution in [0.1, 0.15) is 105 Å². The van der Waals surface area contributed by atoms with Gasteiger partial charge in [-0.05, 0) is 105 Å². The molecule has 3 atom stereocenters. The summed E-state index contributed by atoms with van der Waals surface area (Å²) in [7, 11) is 0. The van der Waals surface area contributed by atoms with E-state index in [1.165, 1.54) is 4.90 Å². The molecular formula is C36H45N3O7. The molecule has 10 nitrogen and oxygen atoms in total. The van der Waals surface area contributed by atoms with Gasteiger partial charge in [-0.25, -0.2) is 19.1 Å². The first-order valence-electron chi connectivity index (χ1n) is 16.4. The lowest BCUT2D eigenvalue weighted by atomic mass is 9.50. The van der Waals surface area contributed by atoms with Crippen LogP contribution in [-0.2, 0) is 30.9 Å². The Balaban J connectivity index is 1.54. The zero-order valence-electron chi connectivity index (χ0n) is 28.6. The summed E-state index contributed by atoms with van der Waals surface area (Å²) in [6, 6.07) is 3.82.